The molecule has 2 N–H and O–H groups in total. The molecule has 1 aliphatic rings. The van der Waals surface area contributed by atoms with Crippen LogP contribution in [0.15, 0.2) is 45.3 Å². The van der Waals surface area contributed by atoms with Crippen molar-refractivity contribution in [3.63, 3.8) is 0 Å². The summed E-state index contributed by atoms with van der Waals surface area (Å²) in [5, 5.41) is 6.24. The quantitative estimate of drug-likeness (QED) is 0.758. The van der Waals surface area contributed by atoms with E-state index in [9.17, 15) is 4.79 Å². The molecule has 1 aliphatic heterocycles. The van der Waals surface area contributed by atoms with Crippen LogP contribution in [0.5, 0.6) is 5.75 Å². The third-order valence-corrected chi connectivity index (χ3v) is 4.23. The molecule has 3 rings (SSSR count). The van der Waals surface area contributed by atoms with Gasteiger partial charge in [0, 0.05) is 17.1 Å². The van der Waals surface area contributed by atoms with Crippen LogP contribution in [0.4, 0.5) is 0 Å². The maximum atomic E-state index is 12.1. The number of nitrogens with one attached hydrogen (secondary N) is 2. The highest BCUT2D eigenvalue weighted by Gasteiger charge is 2.17. The second-order valence-corrected chi connectivity index (χ2v) is 6.43. The van der Waals surface area contributed by atoms with Crippen molar-refractivity contribution in [1.29, 1.82) is 0 Å². The van der Waals surface area contributed by atoms with Crippen molar-refractivity contribution in [2.24, 2.45) is 0 Å². The van der Waals surface area contributed by atoms with Crippen LogP contribution < -0.4 is 15.4 Å². The highest BCUT2D eigenvalue weighted by molar-refractivity contribution is 9.10. The van der Waals surface area contributed by atoms with Gasteiger partial charge in [0.2, 0.25) is 0 Å². The summed E-state index contributed by atoms with van der Waals surface area (Å²) in [5.41, 5.74) is 0. The third-order valence-electron chi connectivity index (χ3n) is 3.73. The van der Waals surface area contributed by atoms with Crippen LogP contribution in [0.25, 0.3) is 0 Å². The Labute approximate surface area is 155 Å². The highest BCUT2D eigenvalue weighted by atomic mass is 79.9. The van der Waals surface area contributed by atoms with Crippen LogP contribution in [0.2, 0.25) is 0 Å². The molecule has 7 heteroatoms. The number of amides is 1. The summed E-state index contributed by atoms with van der Waals surface area (Å²) in [7, 11) is 0. The van der Waals surface area contributed by atoms with Gasteiger partial charge < -0.3 is 19.8 Å². The Kier molecular flexibility index (Phi) is 7.15. The van der Waals surface area contributed by atoms with Gasteiger partial charge >= 0.3 is 0 Å². The molecule has 0 aliphatic carbocycles. The van der Waals surface area contributed by atoms with Crippen molar-refractivity contribution >= 4 is 34.2 Å². The van der Waals surface area contributed by atoms with E-state index in [1.165, 1.54) is 6.42 Å². The van der Waals surface area contributed by atoms with Gasteiger partial charge in [0.1, 0.15) is 18.1 Å². The van der Waals surface area contributed by atoms with Gasteiger partial charge in [-0.05, 0) is 49.7 Å². The first kappa shape index (κ1) is 18.8. The van der Waals surface area contributed by atoms with Crippen molar-refractivity contribution in [3.8, 4) is 5.75 Å². The van der Waals surface area contributed by atoms with Crippen molar-refractivity contribution in [3.05, 3.63) is 52.4 Å². The number of benzene rings is 1. The van der Waals surface area contributed by atoms with Gasteiger partial charge in [0.25, 0.3) is 5.91 Å². The van der Waals surface area contributed by atoms with Gasteiger partial charge in [0.15, 0.2) is 5.76 Å². The molecule has 0 radical (unpaired) electrons. The van der Waals surface area contributed by atoms with Gasteiger partial charge in [-0.15, -0.1) is 12.4 Å². The fourth-order valence-corrected chi connectivity index (χ4v) is 2.90. The van der Waals surface area contributed by atoms with E-state index >= 15 is 0 Å². The van der Waals surface area contributed by atoms with Crippen molar-refractivity contribution in [2.45, 2.75) is 25.5 Å². The van der Waals surface area contributed by atoms with Gasteiger partial charge in [0.05, 0.1) is 0 Å². The predicted octanol–water partition coefficient (Wildman–Crippen LogP) is 3.52. The normalized spacial score (nSPS) is 16.5. The molecule has 0 spiro atoms. The molecular weight excluding hydrogens is 396 g/mol. The van der Waals surface area contributed by atoms with Crippen LogP contribution in [0, 0.1) is 0 Å². The summed E-state index contributed by atoms with van der Waals surface area (Å²) in [6.45, 7) is 1.94. The lowest BCUT2D eigenvalue weighted by molar-refractivity contribution is 0.0918. The molecule has 5 nitrogen and oxygen atoms in total. The van der Waals surface area contributed by atoms with Crippen LogP contribution in [0.3, 0.4) is 0 Å². The van der Waals surface area contributed by atoms with Crippen LogP contribution in [0.1, 0.15) is 29.2 Å². The summed E-state index contributed by atoms with van der Waals surface area (Å²) in [6.07, 6.45) is 2.27. The maximum Gasteiger partial charge on any atom is 0.287 e. The Hall–Kier alpha value is -1.50. The molecule has 1 aromatic heterocycles. The Balaban J connectivity index is 0.00000208. The van der Waals surface area contributed by atoms with E-state index < -0.39 is 0 Å². The first-order valence-electron chi connectivity index (χ1n) is 7.69. The van der Waals surface area contributed by atoms with E-state index in [0.29, 0.717) is 24.1 Å². The number of hydrogen-bond acceptors (Lipinski definition) is 4. The monoisotopic (exact) mass is 414 g/mol. The first-order valence-corrected chi connectivity index (χ1v) is 8.49. The molecule has 1 amide bonds. The molecular formula is C17H20BrClN2O3. The lowest BCUT2D eigenvalue weighted by Gasteiger charge is -2.10. The fourth-order valence-electron chi connectivity index (χ4n) is 2.52. The van der Waals surface area contributed by atoms with Crippen LogP contribution >= 0.6 is 28.3 Å². The second-order valence-electron chi connectivity index (χ2n) is 5.52. The van der Waals surface area contributed by atoms with Gasteiger partial charge in [-0.25, -0.2) is 0 Å². The molecule has 0 saturated carbocycles. The number of carbonyl (C=O) groups excluding carboxylic acids is 1. The molecule has 1 saturated heterocycles. The van der Waals surface area contributed by atoms with Gasteiger partial charge in [-0.3, -0.25) is 4.79 Å². The number of carbonyl (C=O) groups is 1. The highest BCUT2D eigenvalue weighted by Crippen LogP contribution is 2.19. The van der Waals surface area contributed by atoms with E-state index in [1.54, 1.807) is 12.1 Å². The summed E-state index contributed by atoms with van der Waals surface area (Å²) in [5.74, 6) is 1.49. The maximum absolute atomic E-state index is 12.1. The smallest absolute Gasteiger partial charge is 0.287 e. The van der Waals surface area contributed by atoms with Gasteiger partial charge in [-0.1, -0.05) is 22.0 Å². The summed E-state index contributed by atoms with van der Waals surface area (Å²) in [6, 6.07) is 11.4. The van der Waals surface area contributed by atoms with Crippen LogP contribution in [-0.4, -0.2) is 25.0 Å². The molecule has 130 valence electrons. The molecule has 1 fully saturated rings. The SMILES string of the molecule is Cl.O=C(NCC1CCCN1)c1ccc(COc2cccc(Br)c2)o1. The minimum Gasteiger partial charge on any atom is -0.486 e. The Morgan fingerprint density at radius 2 is 2.25 bits per heavy atom. The molecule has 2 heterocycles. The minimum atomic E-state index is -0.188. The topological polar surface area (TPSA) is 63.5 Å². The number of ether oxygens (including phenoxy) is 1. The van der Waals surface area contributed by atoms with E-state index in [4.69, 9.17) is 9.15 Å². The third kappa shape index (κ3) is 5.26. The predicted molar refractivity (Wildman–Crippen MR) is 97.8 cm³/mol. The van der Waals surface area contributed by atoms with Crippen molar-refractivity contribution < 1.29 is 13.9 Å². The number of hydrogen-bond donors (Lipinski definition) is 2. The average molecular weight is 416 g/mol. The first-order chi connectivity index (χ1) is 11.2. The molecule has 1 aromatic carbocycles. The van der Waals surface area contributed by atoms with Crippen LogP contribution in [-0.2, 0) is 6.61 Å². The fraction of sp³-hybridized carbons (Fsp3) is 0.353. The molecule has 1 atom stereocenters. The number of furan rings is 1. The zero-order chi connectivity index (χ0) is 16.1. The van der Waals surface area contributed by atoms with Crippen molar-refractivity contribution in [2.75, 3.05) is 13.1 Å². The summed E-state index contributed by atoms with van der Waals surface area (Å²) >= 11 is 3.40. The lowest BCUT2D eigenvalue weighted by atomic mass is 10.2. The zero-order valence-electron chi connectivity index (χ0n) is 13.1. The van der Waals surface area contributed by atoms with E-state index in [0.717, 1.165) is 23.2 Å². The summed E-state index contributed by atoms with van der Waals surface area (Å²) in [4.78, 5) is 12.1. The number of halogens is 2. The standard InChI is InChI=1S/C17H19BrN2O3.ClH/c18-12-3-1-5-14(9-12)22-11-15-6-7-16(23-15)17(21)20-10-13-4-2-8-19-13;/h1,3,5-7,9,13,19H,2,4,8,10-11H2,(H,20,21);1H. The zero-order valence-corrected chi connectivity index (χ0v) is 15.5. The molecule has 24 heavy (non-hydrogen) atoms. The van der Waals surface area contributed by atoms with E-state index in [1.807, 2.05) is 24.3 Å². The Bertz CT molecular complexity index is 671. The van der Waals surface area contributed by atoms with E-state index in [2.05, 4.69) is 26.6 Å². The lowest BCUT2D eigenvalue weighted by Crippen LogP contribution is -2.37. The van der Waals surface area contributed by atoms with Crippen molar-refractivity contribution in [1.82, 2.24) is 10.6 Å². The van der Waals surface area contributed by atoms with Gasteiger partial charge in [-0.2, -0.15) is 0 Å². The summed E-state index contributed by atoms with van der Waals surface area (Å²) < 4.78 is 12.1. The van der Waals surface area contributed by atoms with E-state index in [-0.39, 0.29) is 24.9 Å². The number of rotatable bonds is 6. The Morgan fingerprint density at radius 1 is 1.38 bits per heavy atom. The largest absolute Gasteiger partial charge is 0.486 e. The Morgan fingerprint density at radius 3 is 3.00 bits per heavy atom. The average Bonchev–Trinajstić information content (AvgIpc) is 3.22. The molecule has 0 bridgehead atoms. The minimum absolute atomic E-state index is 0. The molecule has 1 unspecified atom stereocenters. The molecule has 2 aromatic rings. The second kappa shape index (κ2) is 9.11.